The number of benzene rings is 2. The summed E-state index contributed by atoms with van der Waals surface area (Å²) < 4.78 is 43.2. The standard InChI is InChI=1S/C19H21F3N4O2/c1-13(15-5-9-17(10-6-15)27-12-18(24-2)25-23)26-28-11-14-3-7-16(8-4-14)19(20,21)22/h3-10H,11-12,23H2,1-2H3,(H,24,25)/b26-13+. The van der Waals surface area contributed by atoms with Crippen molar-refractivity contribution in [3.8, 4) is 5.75 Å². The number of alkyl halides is 3. The second-order valence-electron chi connectivity index (χ2n) is 5.78. The van der Waals surface area contributed by atoms with E-state index in [2.05, 4.69) is 15.6 Å². The Morgan fingerprint density at radius 3 is 2.25 bits per heavy atom. The van der Waals surface area contributed by atoms with Gasteiger partial charge < -0.3 is 20.7 Å². The van der Waals surface area contributed by atoms with Crippen LogP contribution >= 0.6 is 0 Å². The number of nitrogens with two attached hydrogens (primary N) is 1. The molecule has 0 aliphatic carbocycles. The van der Waals surface area contributed by atoms with Crippen molar-refractivity contribution in [1.29, 1.82) is 0 Å². The molecule has 0 atom stereocenters. The first-order valence-corrected chi connectivity index (χ1v) is 8.34. The van der Waals surface area contributed by atoms with Crippen LogP contribution in [0.25, 0.3) is 0 Å². The molecule has 6 nitrogen and oxygen atoms in total. The molecule has 0 aliphatic heterocycles. The second kappa shape index (κ2) is 9.63. The largest absolute Gasteiger partial charge is 0.486 e. The number of halogens is 3. The molecular formula is C19H21F3N4O2. The highest BCUT2D eigenvalue weighted by molar-refractivity contribution is 5.98. The van der Waals surface area contributed by atoms with E-state index in [0.29, 0.717) is 22.9 Å². The van der Waals surface area contributed by atoms with Crippen LogP contribution in [0.1, 0.15) is 23.6 Å². The minimum Gasteiger partial charge on any atom is -0.486 e. The zero-order valence-corrected chi connectivity index (χ0v) is 15.5. The fraction of sp³-hybridized carbons (Fsp3) is 0.263. The molecular weight excluding hydrogens is 373 g/mol. The lowest BCUT2D eigenvalue weighted by atomic mass is 10.1. The minimum absolute atomic E-state index is 0.0713. The number of hydrogen-bond acceptors (Lipinski definition) is 5. The van der Waals surface area contributed by atoms with E-state index in [1.807, 2.05) is 12.1 Å². The first-order valence-electron chi connectivity index (χ1n) is 8.34. The van der Waals surface area contributed by atoms with Gasteiger partial charge in [-0.3, -0.25) is 0 Å². The maximum Gasteiger partial charge on any atom is 0.416 e. The summed E-state index contributed by atoms with van der Waals surface area (Å²) in [5.74, 6) is 6.34. The zero-order valence-electron chi connectivity index (χ0n) is 15.5. The van der Waals surface area contributed by atoms with Crippen LogP contribution in [0, 0.1) is 0 Å². The minimum atomic E-state index is -4.35. The molecule has 0 aromatic heterocycles. The number of likely N-dealkylation sites (N-methyl/N-ethyl adjacent to an activating group) is 1. The molecule has 0 amide bonds. The zero-order chi connectivity index (χ0) is 20.6. The highest BCUT2D eigenvalue weighted by Crippen LogP contribution is 2.29. The van der Waals surface area contributed by atoms with Gasteiger partial charge in [-0.05, 0) is 54.4 Å². The van der Waals surface area contributed by atoms with Crippen LogP contribution in [-0.4, -0.2) is 25.2 Å². The van der Waals surface area contributed by atoms with Crippen molar-refractivity contribution in [2.45, 2.75) is 19.7 Å². The van der Waals surface area contributed by atoms with Gasteiger partial charge in [-0.25, -0.2) is 0 Å². The summed E-state index contributed by atoms with van der Waals surface area (Å²) in [6.45, 7) is 2.06. The molecule has 2 rings (SSSR count). The molecule has 3 N–H and O–H groups in total. The van der Waals surface area contributed by atoms with Gasteiger partial charge in [0.15, 0.2) is 5.84 Å². The number of nitrogens with zero attached hydrogens (tertiary/aromatic N) is 2. The van der Waals surface area contributed by atoms with Gasteiger partial charge >= 0.3 is 6.18 Å². The van der Waals surface area contributed by atoms with Crippen molar-refractivity contribution in [3.63, 3.8) is 0 Å². The molecule has 0 heterocycles. The van der Waals surface area contributed by atoms with Gasteiger partial charge in [-0.15, -0.1) is 0 Å². The summed E-state index contributed by atoms with van der Waals surface area (Å²) in [6, 6.07) is 11.9. The lowest BCUT2D eigenvalue weighted by Crippen LogP contribution is -2.26. The van der Waals surface area contributed by atoms with E-state index in [1.54, 1.807) is 26.1 Å². The maximum atomic E-state index is 12.5. The Labute approximate surface area is 160 Å². The summed E-state index contributed by atoms with van der Waals surface area (Å²) in [6.07, 6.45) is -4.35. The number of ether oxygens (including phenoxy) is 1. The summed E-state index contributed by atoms with van der Waals surface area (Å²) in [5, 5.41) is 10.3. The molecule has 0 aliphatic rings. The number of rotatable bonds is 7. The molecule has 0 spiro atoms. The second-order valence-corrected chi connectivity index (χ2v) is 5.78. The predicted molar refractivity (Wildman–Crippen MR) is 101 cm³/mol. The van der Waals surface area contributed by atoms with Gasteiger partial charge in [0.2, 0.25) is 0 Å². The van der Waals surface area contributed by atoms with E-state index >= 15 is 0 Å². The van der Waals surface area contributed by atoms with Gasteiger partial charge in [0.05, 0.1) is 11.3 Å². The van der Waals surface area contributed by atoms with Crippen LogP contribution in [0.4, 0.5) is 13.2 Å². The fourth-order valence-electron chi connectivity index (χ4n) is 2.16. The highest BCUT2D eigenvalue weighted by atomic mass is 19.4. The SMILES string of the molecule is CN/C(COc1ccc(/C(C)=N/OCc2ccc(C(F)(F)F)cc2)cc1)=N\N. The summed E-state index contributed by atoms with van der Waals surface area (Å²) in [7, 11) is 1.70. The van der Waals surface area contributed by atoms with E-state index in [4.69, 9.17) is 15.4 Å². The normalized spacial score (nSPS) is 12.6. The summed E-state index contributed by atoms with van der Waals surface area (Å²) in [4.78, 5) is 5.24. The molecule has 150 valence electrons. The maximum absolute atomic E-state index is 12.5. The van der Waals surface area contributed by atoms with Crippen molar-refractivity contribution in [2.75, 3.05) is 13.7 Å². The average Bonchev–Trinajstić information content (AvgIpc) is 2.69. The Kier molecular flexibility index (Phi) is 7.25. The first-order chi connectivity index (χ1) is 13.3. The van der Waals surface area contributed by atoms with Gasteiger partial charge in [0, 0.05) is 7.05 Å². The molecule has 0 bridgehead atoms. The van der Waals surface area contributed by atoms with Crippen LogP contribution in [0.3, 0.4) is 0 Å². The lowest BCUT2D eigenvalue weighted by Gasteiger charge is -2.09. The molecule has 9 heteroatoms. The fourth-order valence-corrected chi connectivity index (χ4v) is 2.16. The average molecular weight is 394 g/mol. The van der Waals surface area contributed by atoms with Crippen LogP contribution in [0.2, 0.25) is 0 Å². The molecule has 0 radical (unpaired) electrons. The summed E-state index contributed by atoms with van der Waals surface area (Å²) in [5.41, 5.74) is 1.34. The third kappa shape index (κ3) is 6.19. The lowest BCUT2D eigenvalue weighted by molar-refractivity contribution is -0.137. The summed E-state index contributed by atoms with van der Waals surface area (Å²) >= 11 is 0. The number of hydrazone groups is 1. The van der Waals surface area contributed by atoms with Crippen molar-refractivity contribution >= 4 is 11.5 Å². The van der Waals surface area contributed by atoms with Gasteiger partial charge in [-0.1, -0.05) is 17.3 Å². The Morgan fingerprint density at radius 2 is 1.71 bits per heavy atom. The van der Waals surface area contributed by atoms with Crippen molar-refractivity contribution in [1.82, 2.24) is 5.32 Å². The topological polar surface area (TPSA) is 81.2 Å². The Morgan fingerprint density at radius 1 is 1.07 bits per heavy atom. The quantitative estimate of drug-likeness (QED) is 0.326. The third-order valence-electron chi connectivity index (χ3n) is 3.81. The smallest absolute Gasteiger partial charge is 0.416 e. The van der Waals surface area contributed by atoms with E-state index < -0.39 is 11.7 Å². The first kappa shape index (κ1) is 21.1. The Balaban J connectivity index is 1.89. The molecule has 0 saturated carbocycles. The van der Waals surface area contributed by atoms with Crippen molar-refractivity contribution < 1.29 is 22.7 Å². The number of amidine groups is 1. The molecule has 28 heavy (non-hydrogen) atoms. The van der Waals surface area contributed by atoms with Gasteiger partial charge in [-0.2, -0.15) is 18.3 Å². The van der Waals surface area contributed by atoms with Crippen LogP contribution in [-0.2, 0) is 17.6 Å². The van der Waals surface area contributed by atoms with Crippen molar-refractivity contribution in [2.24, 2.45) is 16.1 Å². The van der Waals surface area contributed by atoms with Crippen molar-refractivity contribution in [3.05, 3.63) is 65.2 Å². The number of oxime groups is 1. The highest BCUT2D eigenvalue weighted by Gasteiger charge is 2.29. The molecule has 2 aromatic rings. The molecule has 0 saturated heterocycles. The van der Waals surface area contributed by atoms with E-state index in [-0.39, 0.29) is 13.2 Å². The van der Waals surface area contributed by atoms with Crippen LogP contribution in [0.5, 0.6) is 5.75 Å². The van der Waals surface area contributed by atoms with Gasteiger partial charge in [0.25, 0.3) is 0 Å². The Hall–Kier alpha value is -3.23. The number of hydrogen-bond donors (Lipinski definition) is 2. The van der Waals surface area contributed by atoms with Gasteiger partial charge in [0.1, 0.15) is 19.0 Å². The van der Waals surface area contributed by atoms with E-state index in [1.165, 1.54) is 12.1 Å². The van der Waals surface area contributed by atoms with Crippen LogP contribution in [0.15, 0.2) is 58.8 Å². The third-order valence-corrected chi connectivity index (χ3v) is 3.81. The van der Waals surface area contributed by atoms with E-state index in [9.17, 15) is 13.2 Å². The molecule has 0 unspecified atom stereocenters. The molecule has 0 fully saturated rings. The predicted octanol–water partition coefficient (Wildman–Crippen LogP) is 3.52. The molecule has 2 aromatic carbocycles. The monoisotopic (exact) mass is 394 g/mol. The van der Waals surface area contributed by atoms with Crippen LogP contribution < -0.4 is 15.9 Å². The van der Waals surface area contributed by atoms with E-state index in [0.717, 1.165) is 17.7 Å². The number of nitrogens with one attached hydrogen (secondary N) is 1. The Bertz CT molecular complexity index is 817.